The number of aryl methyl sites for hydroxylation is 8. The Kier molecular flexibility index (Phi) is 15.5. The number of rotatable bonds is 14. The monoisotopic (exact) mass is 962 g/mol. The first-order valence-corrected chi connectivity index (χ1v) is 27.4. The Morgan fingerprint density at radius 2 is 0.769 bits per heavy atom. The van der Waals surface area contributed by atoms with Crippen molar-refractivity contribution in [1.29, 1.82) is 0 Å². The van der Waals surface area contributed by atoms with Gasteiger partial charge in [-0.2, -0.15) is 0 Å². The molecule has 0 aromatic heterocycles. The van der Waals surface area contributed by atoms with Crippen molar-refractivity contribution in [3.8, 4) is 44.5 Å². The second-order valence-corrected chi connectivity index (χ2v) is 23.6. The third-order valence-electron chi connectivity index (χ3n) is 13.2. The van der Waals surface area contributed by atoms with E-state index in [2.05, 4.69) is 210 Å². The predicted octanol–water partition coefficient (Wildman–Crippen LogP) is 13.9. The Hall–Kier alpha value is -4.32. The normalized spacial score (nSPS) is 12.7. The number of thiol groups is 1. The summed E-state index contributed by atoms with van der Waals surface area (Å²) in [5.41, 5.74) is 27.0. The Labute approximate surface area is 405 Å². The van der Waals surface area contributed by atoms with Crippen LogP contribution < -0.4 is 4.46 Å². The van der Waals surface area contributed by atoms with Crippen LogP contribution in [-0.4, -0.2) is 47.8 Å². The molecular weight excluding hydrogens is 896 g/mol. The first-order chi connectivity index (χ1) is 31.0. The van der Waals surface area contributed by atoms with Gasteiger partial charge in [0.2, 0.25) is 0 Å². The third kappa shape index (κ3) is 10.5. The van der Waals surface area contributed by atoms with E-state index in [9.17, 15) is 10.2 Å². The summed E-state index contributed by atoms with van der Waals surface area (Å²) in [6.07, 6.45) is -0.254. The van der Waals surface area contributed by atoms with E-state index < -0.39 is 12.2 Å². The van der Waals surface area contributed by atoms with Gasteiger partial charge < -0.3 is 0 Å². The molecule has 0 aliphatic rings. The quantitative estimate of drug-likeness (QED) is 0.0751. The van der Waals surface area contributed by atoms with Crippen molar-refractivity contribution in [2.45, 2.75) is 107 Å². The van der Waals surface area contributed by atoms with Gasteiger partial charge in [-0.3, -0.25) is 0 Å². The van der Waals surface area contributed by atoms with Crippen LogP contribution in [0, 0.1) is 55.4 Å². The third-order valence-corrected chi connectivity index (χ3v) is 18.1. The molecular formula is C60H66O2S2Se. The molecule has 0 unspecified atom stereocenters. The maximum atomic E-state index is 11.1. The van der Waals surface area contributed by atoms with Gasteiger partial charge in [0, 0.05) is 0 Å². The molecule has 5 heteroatoms. The molecule has 2 atom stereocenters. The van der Waals surface area contributed by atoms with E-state index in [0.717, 1.165) is 12.8 Å². The van der Waals surface area contributed by atoms with Crippen molar-refractivity contribution < 1.29 is 10.2 Å². The molecule has 0 saturated carbocycles. The molecule has 336 valence electrons. The van der Waals surface area contributed by atoms with Crippen LogP contribution in [0.3, 0.4) is 0 Å². The summed E-state index contributed by atoms with van der Waals surface area (Å²) < 4.78 is 1.36. The summed E-state index contributed by atoms with van der Waals surface area (Å²) in [6.45, 7) is 25.0. The SMILES string of the molecule is Cc1cccc(C)c1-c1cccc(-c2c(C)cccc2C)c1Cc1cc(C(C)(C)C)cc(Cc2c(-c3c(C)cccc3C)cccc2-c2c(C)cccc2C)c1[Se]SC[C@@H](O)[C@@H](O)CS. The van der Waals surface area contributed by atoms with Gasteiger partial charge in [-0.05, 0) is 0 Å². The minimum atomic E-state index is -0.878. The van der Waals surface area contributed by atoms with E-state index in [-0.39, 0.29) is 25.0 Å². The number of aliphatic hydroxyl groups is 2. The zero-order valence-corrected chi connectivity index (χ0v) is 43.6. The topological polar surface area (TPSA) is 40.5 Å². The molecule has 7 aromatic carbocycles. The fourth-order valence-electron chi connectivity index (χ4n) is 9.78. The number of hydrogen-bond acceptors (Lipinski definition) is 4. The van der Waals surface area contributed by atoms with Crippen molar-refractivity contribution in [1.82, 2.24) is 0 Å². The van der Waals surface area contributed by atoms with Gasteiger partial charge in [0.1, 0.15) is 0 Å². The molecule has 0 radical (unpaired) electrons. The van der Waals surface area contributed by atoms with Crippen LogP contribution in [0.25, 0.3) is 44.5 Å². The molecule has 0 fully saturated rings. The van der Waals surface area contributed by atoms with E-state index >= 15 is 0 Å². The van der Waals surface area contributed by atoms with Gasteiger partial charge in [-0.1, -0.05) is 0 Å². The Bertz CT molecular complexity index is 2460. The molecule has 65 heavy (non-hydrogen) atoms. The zero-order chi connectivity index (χ0) is 46.7. The van der Waals surface area contributed by atoms with Gasteiger partial charge in [0.15, 0.2) is 0 Å². The molecule has 0 bridgehead atoms. The molecule has 0 spiro atoms. The summed E-state index contributed by atoms with van der Waals surface area (Å²) in [7, 11) is 1.76. The van der Waals surface area contributed by atoms with Crippen LogP contribution in [0.15, 0.2) is 121 Å². The fourth-order valence-corrected chi connectivity index (χ4v) is 14.7. The first-order valence-electron chi connectivity index (χ1n) is 22.9. The van der Waals surface area contributed by atoms with Crippen molar-refractivity contribution in [3.05, 3.63) is 194 Å². The van der Waals surface area contributed by atoms with E-state index in [1.54, 1.807) is 10.2 Å². The Morgan fingerprint density at radius 3 is 1.05 bits per heavy atom. The molecule has 0 aliphatic carbocycles. The van der Waals surface area contributed by atoms with Gasteiger partial charge in [0.25, 0.3) is 0 Å². The summed E-state index contributed by atoms with van der Waals surface area (Å²) in [5, 5.41) is 21.8. The Morgan fingerprint density at radius 1 is 0.477 bits per heavy atom. The predicted molar refractivity (Wildman–Crippen MR) is 287 cm³/mol. The number of benzene rings is 7. The van der Waals surface area contributed by atoms with Gasteiger partial charge >= 0.3 is 408 Å². The molecule has 0 aliphatic heterocycles. The zero-order valence-electron chi connectivity index (χ0n) is 40.2. The molecule has 2 N–H and O–H groups in total. The molecule has 0 saturated heterocycles. The number of hydrogen-bond donors (Lipinski definition) is 3. The van der Waals surface area contributed by atoms with Crippen LogP contribution >= 0.6 is 22.8 Å². The van der Waals surface area contributed by atoms with E-state index in [1.807, 2.05) is 0 Å². The standard InChI is InChI=1S/C60H66O2S2Se/c1-36-18-12-19-37(2)55(36)47-26-16-27-48(56-38(3)20-13-21-39(56)4)51(47)32-44-30-46(60(9,10)11)31-45(59(44)65-64-35-54(62)53(61)34-63)33-52-49(57-40(5)22-14-23-41(57)6)28-17-29-50(52)58-42(7)24-15-25-43(58)8/h12-31,53-54,61-63H,32-35H2,1-11H3/t53-,54+/m0/s1. The molecule has 0 amide bonds. The van der Waals surface area contributed by atoms with E-state index in [1.165, 1.54) is 121 Å². The average molecular weight is 962 g/mol. The van der Waals surface area contributed by atoms with E-state index in [0.29, 0.717) is 5.75 Å². The van der Waals surface area contributed by atoms with Gasteiger partial charge in [-0.25, -0.2) is 0 Å². The molecule has 0 heterocycles. The van der Waals surface area contributed by atoms with Crippen molar-refractivity contribution in [3.63, 3.8) is 0 Å². The van der Waals surface area contributed by atoms with Gasteiger partial charge in [-0.15, -0.1) is 0 Å². The average Bonchev–Trinajstić information content (AvgIpc) is 3.25. The number of aliphatic hydroxyl groups excluding tert-OH is 2. The second-order valence-electron chi connectivity index (χ2n) is 19.1. The van der Waals surface area contributed by atoms with Gasteiger partial charge in [0.05, 0.1) is 0 Å². The molecule has 7 aromatic rings. The second kappa shape index (κ2) is 20.7. The van der Waals surface area contributed by atoms with Crippen molar-refractivity contribution >= 4 is 41.1 Å². The summed E-state index contributed by atoms with van der Waals surface area (Å²) in [6, 6.07) is 45.5. The van der Waals surface area contributed by atoms with Crippen LogP contribution in [0.4, 0.5) is 0 Å². The summed E-state index contributed by atoms with van der Waals surface area (Å²) in [4.78, 5) is 0. The molecule has 7 rings (SSSR count). The van der Waals surface area contributed by atoms with Crippen LogP contribution in [0.2, 0.25) is 0 Å². The van der Waals surface area contributed by atoms with Crippen molar-refractivity contribution in [2.75, 3.05) is 11.5 Å². The summed E-state index contributed by atoms with van der Waals surface area (Å²) >= 11 is 4.22. The van der Waals surface area contributed by atoms with E-state index in [4.69, 9.17) is 0 Å². The van der Waals surface area contributed by atoms with Crippen molar-refractivity contribution in [2.24, 2.45) is 0 Å². The van der Waals surface area contributed by atoms with Crippen LogP contribution in [0.5, 0.6) is 0 Å². The van der Waals surface area contributed by atoms with Crippen LogP contribution in [-0.2, 0) is 18.3 Å². The molecule has 2 nitrogen and oxygen atoms in total. The van der Waals surface area contributed by atoms with Crippen LogP contribution in [0.1, 0.15) is 93.1 Å². The maximum absolute atomic E-state index is 11.1. The minimum absolute atomic E-state index is 0.114. The fraction of sp³-hybridized carbons (Fsp3) is 0.300. The first kappa shape index (κ1) is 48.6. The summed E-state index contributed by atoms with van der Waals surface area (Å²) in [5.74, 6) is 0.652. The Balaban J connectivity index is 1.55.